The number of amides is 1. The molecule has 1 heterocycles. The Bertz CT molecular complexity index is 374. The molecule has 0 spiro atoms. The highest BCUT2D eigenvalue weighted by molar-refractivity contribution is 7.48. The number of nitrogens with zero attached hydrogens (tertiary/aromatic N) is 2. The van der Waals surface area contributed by atoms with Crippen LogP contribution in [0.3, 0.4) is 0 Å². The van der Waals surface area contributed by atoms with E-state index in [0.29, 0.717) is 25.0 Å². The molecule has 1 rings (SSSR count). The van der Waals surface area contributed by atoms with Gasteiger partial charge in [-0.3, -0.25) is 14.5 Å². The zero-order valence-corrected chi connectivity index (χ0v) is 16.7. The lowest BCUT2D eigenvalue weighted by Gasteiger charge is -2.26. The molecule has 0 aromatic rings. The summed E-state index contributed by atoms with van der Waals surface area (Å²) in [6.45, 7) is 6.39. The Kier molecular flexibility index (Phi) is 11.7. The van der Waals surface area contributed by atoms with E-state index in [-0.39, 0.29) is 5.91 Å². The van der Waals surface area contributed by atoms with Crippen LogP contribution in [0, 0.1) is 5.92 Å². The standard InChI is InChI=1S/C16H35N4O4P/c1-4-15(23-3)16(21)20(17)9-12-25(22)19-8-5-14(13-19)6-10-24-11-7-18-2/h14-15,18,22H,4-13,17H2,1-3H3. The van der Waals surface area contributed by atoms with E-state index in [1.54, 1.807) is 0 Å². The predicted octanol–water partition coefficient (Wildman–Crippen LogP) is 0.366. The Morgan fingerprint density at radius 2 is 2.28 bits per heavy atom. The second kappa shape index (κ2) is 12.9. The fraction of sp³-hybridized carbons (Fsp3) is 0.938. The number of rotatable bonds is 13. The molecule has 0 aliphatic carbocycles. The zero-order chi connectivity index (χ0) is 18.7. The smallest absolute Gasteiger partial charge is 0.265 e. The molecule has 1 amide bonds. The van der Waals surface area contributed by atoms with Crippen LogP contribution in [-0.4, -0.2) is 86.3 Å². The van der Waals surface area contributed by atoms with E-state index in [9.17, 15) is 9.69 Å². The van der Waals surface area contributed by atoms with Crippen molar-refractivity contribution in [1.82, 2.24) is 15.0 Å². The van der Waals surface area contributed by atoms with Gasteiger partial charge in [-0.05, 0) is 32.2 Å². The average molecular weight is 378 g/mol. The van der Waals surface area contributed by atoms with Crippen LogP contribution >= 0.6 is 8.30 Å². The lowest BCUT2D eigenvalue weighted by molar-refractivity contribution is -0.142. The lowest BCUT2D eigenvalue weighted by Crippen LogP contribution is -2.45. The summed E-state index contributed by atoms with van der Waals surface area (Å²) >= 11 is 0. The van der Waals surface area contributed by atoms with E-state index in [1.165, 1.54) is 12.1 Å². The Morgan fingerprint density at radius 1 is 1.52 bits per heavy atom. The number of ether oxygens (including phenoxy) is 2. The number of hydrazine groups is 1. The molecule has 25 heavy (non-hydrogen) atoms. The second-order valence-corrected chi connectivity index (χ2v) is 8.09. The third-order valence-electron chi connectivity index (χ3n) is 4.51. The van der Waals surface area contributed by atoms with Gasteiger partial charge in [0.15, 0.2) is 0 Å². The maximum atomic E-state index is 12.1. The lowest BCUT2D eigenvalue weighted by atomic mass is 10.1. The third kappa shape index (κ3) is 8.26. The summed E-state index contributed by atoms with van der Waals surface area (Å²) in [5.74, 6) is 6.15. The second-order valence-electron chi connectivity index (χ2n) is 6.33. The van der Waals surface area contributed by atoms with Gasteiger partial charge in [0, 0.05) is 46.1 Å². The summed E-state index contributed by atoms with van der Waals surface area (Å²) in [4.78, 5) is 22.5. The van der Waals surface area contributed by atoms with Crippen LogP contribution in [0.2, 0.25) is 0 Å². The topological polar surface area (TPSA) is 100 Å². The van der Waals surface area contributed by atoms with Crippen LogP contribution in [0.25, 0.3) is 0 Å². The molecular weight excluding hydrogens is 343 g/mol. The fourth-order valence-electron chi connectivity index (χ4n) is 2.86. The minimum absolute atomic E-state index is 0.230. The van der Waals surface area contributed by atoms with E-state index in [0.717, 1.165) is 45.7 Å². The molecule has 1 fully saturated rings. The van der Waals surface area contributed by atoms with Crippen molar-refractivity contribution in [3.05, 3.63) is 0 Å². The van der Waals surface area contributed by atoms with Gasteiger partial charge in [-0.25, -0.2) is 5.84 Å². The maximum Gasteiger partial charge on any atom is 0.265 e. The van der Waals surface area contributed by atoms with Crippen molar-refractivity contribution in [3.63, 3.8) is 0 Å². The van der Waals surface area contributed by atoms with Crippen molar-refractivity contribution in [3.8, 4) is 0 Å². The molecule has 0 radical (unpaired) electrons. The first-order chi connectivity index (χ1) is 12.0. The summed E-state index contributed by atoms with van der Waals surface area (Å²) in [6, 6.07) is 0. The predicted molar refractivity (Wildman–Crippen MR) is 100 cm³/mol. The number of nitrogens with one attached hydrogen (secondary N) is 1. The van der Waals surface area contributed by atoms with Crippen LogP contribution in [-0.2, 0) is 14.3 Å². The Balaban J connectivity index is 2.23. The van der Waals surface area contributed by atoms with Crippen LogP contribution in [0.15, 0.2) is 0 Å². The van der Waals surface area contributed by atoms with Crippen molar-refractivity contribution in [2.75, 3.05) is 59.7 Å². The number of methoxy groups -OCH3 is 1. The van der Waals surface area contributed by atoms with Gasteiger partial charge in [0.25, 0.3) is 5.91 Å². The molecule has 0 aromatic heterocycles. The van der Waals surface area contributed by atoms with E-state index in [1.807, 2.05) is 14.0 Å². The first kappa shape index (κ1) is 22.7. The van der Waals surface area contributed by atoms with Crippen molar-refractivity contribution in [2.24, 2.45) is 11.8 Å². The van der Waals surface area contributed by atoms with Gasteiger partial charge in [-0.1, -0.05) is 6.92 Å². The number of hydrogen-bond acceptors (Lipinski definition) is 7. The minimum Gasteiger partial charge on any atom is -0.380 e. The molecule has 3 atom stereocenters. The number of carbonyl (C=O) groups is 1. The Morgan fingerprint density at radius 3 is 2.92 bits per heavy atom. The normalized spacial score (nSPS) is 20.6. The summed E-state index contributed by atoms with van der Waals surface area (Å²) in [7, 11) is 2.17. The van der Waals surface area contributed by atoms with Crippen LogP contribution in [0.5, 0.6) is 0 Å². The largest absolute Gasteiger partial charge is 0.380 e. The Labute approximate surface area is 152 Å². The van der Waals surface area contributed by atoms with Crippen molar-refractivity contribution in [1.29, 1.82) is 0 Å². The van der Waals surface area contributed by atoms with E-state index in [4.69, 9.17) is 15.3 Å². The Hall–Kier alpha value is -0.340. The van der Waals surface area contributed by atoms with Gasteiger partial charge < -0.3 is 19.7 Å². The first-order valence-corrected chi connectivity index (χ1v) is 10.5. The minimum atomic E-state index is -1.25. The van der Waals surface area contributed by atoms with Crippen LogP contribution in [0.1, 0.15) is 26.2 Å². The van der Waals surface area contributed by atoms with E-state index < -0.39 is 14.4 Å². The highest BCUT2D eigenvalue weighted by Gasteiger charge is 2.28. The zero-order valence-electron chi connectivity index (χ0n) is 15.8. The fourth-order valence-corrected chi connectivity index (χ4v) is 4.30. The molecule has 148 valence electrons. The molecule has 4 N–H and O–H groups in total. The number of likely N-dealkylation sites (N-methyl/N-ethyl adjacent to an activating group) is 1. The van der Waals surface area contributed by atoms with Gasteiger partial charge in [-0.2, -0.15) is 0 Å². The molecule has 9 heteroatoms. The SMILES string of the molecule is CCC(OC)C(=O)N(N)CCP(O)N1CCC(CCOCCNC)C1. The van der Waals surface area contributed by atoms with Crippen molar-refractivity contribution >= 4 is 14.2 Å². The quantitative estimate of drug-likeness (QED) is 0.140. The van der Waals surface area contributed by atoms with Crippen molar-refractivity contribution in [2.45, 2.75) is 32.3 Å². The van der Waals surface area contributed by atoms with Gasteiger partial charge in [0.2, 0.25) is 0 Å². The van der Waals surface area contributed by atoms with Gasteiger partial charge in [0.1, 0.15) is 14.4 Å². The van der Waals surface area contributed by atoms with Crippen molar-refractivity contribution < 1.29 is 19.2 Å². The van der Waals surface area contributed by atoms with E-state index >= 15 is 0 Å². The van der Waals surface area contributed by atoms with Gasteiger partial charge in [-0.15, -0.1) is 0 Å². The highest BCUT2D eigenvalue weighted by Crippen LogP contribution is 2.40. The molecular formula is C16H35N4O4P. The van der Waals surface area contributed by atoms with E-state index in [2.05, 4.69) is 9.99 Å². The highest BCUT2D eigenvalue weighted by atomic mass is 31.2. The summed E-state index contributed by atoms with van der Waals surface area (Å²) in [6.07, 6.45) is 2.69. The van der Waals surface area contributed by atoms with Gasteiger partial charge in [0.05, 0.1) is 6.61 Å². The molecule has 1 aliphatic rings. The summed E-state index contributed by atoms with van der Waals surface area (Å²) in [5, 5.41) is 4.23. The number of hydrogen-bond donors (Lipinski definition) is 3. The molecule has 1 aliphatic heterocycles. The molecule has 1 saturated heterocycles. The molecule has 3 unspecified atom stereocenters. The molecule has 0 saturated carbocycles. The van der Waals surface area contributed by atoms with Crippen LogP contribution in [0.4, 0.5) is 0 Å². The number of carbonyl (C=O) groups excluding carboxylic acids is 1. The maximum absolute atomic E-state index is 12.1. The first-order valence-electron chi connectivity index (χ1n) is 9.05. The number of nitrogens with two attached hydrogens (primary N) is 1. The van der Waals surface area contributed by atoms with Crippen LogP contribution < -0.4 is 11.2 Å². The van der Waals surface area contributed by atoms with Gasteiger partial charge >= 0.3 is 0 Å². The molecule has 8 nitrogen and oxygen atoms in total. The third-order valence-corrected chi connectivity index (χ3v) is 6.13. The molecule has 0 aromatic carbocycles. The summed E-state index contributed by atoms with van der Waals surface area (Å²) in [5.41, 5.74) is 0. The average Bonchev–Trinajstić information content (AvgIpc) is 3.09. The monoisotopic (exact) mass is 378 g/mol. The molecule has 0 bridgehead atoms. The summed E-state index contributed by atoms with van der Waals surface area (Å²) < 4.78 is 12.8.